The molecule has 0 spiro atoms. The second-order valence-electron chi connectivity index (χ2n) is 4.87. The van der Waals surface area contributed by atoms with Crippen LogP contribution in [0.25, 0.3) is 21.9 Å². The van der Waals surface area contributed by atoms with Gasteiger partial charge in [0.2, 0.25) is 0 Å². The zero-order valence-electron chi connectivity index (χ0n) is 13.1. The number of fused-ring (bicyclic) bond motifs is 1. The molecule has 0 aliphatic rings. The van der Waals surface area contributed by atoms with Gasteiger partial charge in [0.1, 0.15) is 0 Å². The summed E-state index contributed by atoms with van der Waals surface area (Å²) in [6.45, 7) is 0. The van der Waals surface area contributed by atoms with Crippen molar-refractivity contribution in [2.45, 2.75) is 6.16 Å². The first kappa shape index (κ1) is 21.0. The van der Waals surface area contributed by atoms with E-state index < -0.39 is 13.8 Å². The van der Waals surface area contributed by atoms with Gasteiger partial charge in [-0.25, -0.2) is 0 Å². The van der Waals surface area contributed by atoms with E-state index in [1.807, 2.05) is 36.4 Å². The van der Waals surface area contributed by atoms with Crippen LogP contribution in [0, 0.1) is 0 Å². The summed E-state index contributed by atoms with van der Waals surface area (Å²) in [5.74, 6) is 0. The Balaban J connectivity index is 0.00000132. The Morgan fingerprint density at radius 2 is 1.52 bits per heavy atom. The van der Waals surface area contributed by atoms with Crippen molar-refractivity contribution >= 4 is 18.4 Å². The zero-order valence-corrected chi connectivity index (χ0v) is 18.0. The molecule has 0 aliphatic carbocycles. The molecule has 0 fully saturated rings. The third-order valence-corrected chi connectivity index (χ3v) is 3.97. The summed E-state index contributed by atoms with van der Waals surface area (Å²) in [5.41, 5.74) is 2.16. The molecule has 3 rings (SSSR count). The van der Waals surface area contributed by atoms with Crippen LogP contribution in [0.2, 0.25) is 0 Å². The zero-order chi connectivity index (χ0) is 14.9. The second kappa shape index (κ2) is 8.91. The van der Waals surface area contributed by atoms with E-state index in [0.29, 0.717) is 0 Å². The number of pyridine rings is 1. The molecule has 0 saturated heterocycles. The topological polar surface area (TPSA) is 76.1 Å². The summed E-state index contributed by atoms with van der Waals surface area (Å²) in [5, 5.41) is 2.28. The first-order chi connectivity index (χ1) is 10.0. The molecule has 3 aromatic rings. The van der Waals surface area contributed by atoms with E-state index in [2.05, 4.69) is 11.1 Å². The fraction of sp³-hybridized carbons (Fsp3) is 0.0625. The Kier molecular flexibility index (Phi) is 8.15. The Morgan fingerprint density at radius 3 is 2.13 bits per heavy atom. The third-order valence-electron chi connectivity index (χ3n) is 3.26. The summed E-state index contributed by atoms with van der Waals surface area (Å²) >= 11 is 0. The maximum atomic E-state index is 10.7. The largest absolute Gasteiger partial charge is 1.00 e. The molecule has 0 amide bonds. The van der Waals surface area contributed by atoms with Crippen molar-refractivity contribution < 1.29 is 73.5 Å². The number of aromatic nitrogens is 1. The molecule has 7 heteroatoms. The van der Waals surface area contributed by atoms with E-state index in [9.17, 15) is 14.4 Å². The van der Waals surface area contributed by atoms with Gasteiger partial charge in [-0.2, -0.15) is 0 Å². The molecule has 0 aliphatic heterocycles. The predicted molar refractivity (Wildman–Crippen MR) is 78.5 cm³/mol. The first-order valence-corrected chi connectivity index (χ1v) is 8.19. The average Bonchev–Trinajstić information content (AvgIpc) is 2.46. The Hall–Kier alpha value is 0.000000000000000666. The van der Waals surface area contributed by atoms with Crippen LogP contribution in [-0.4, -0.2) is 4.98 Å². The predicted octanol–water partition coefficient (Wildman–Crippen LogP) is -3.68. The minimum Gasteiger partial charge on any atom is -0.810 e. The van der Waals surface area contributed by atoms with E-state index in [1.165, 1.54) is 0 Å². The van der Waals surface area contributed by atoms with Crippen LogP contribution in [0.4, 0.5) is 0 Å². The molecule has 2 aromatic carbocycles. The summed E-state index contributed by atoms with van der Waals surface area (Å²) in [6, 6.07) is 17.5. The fourth-order valence-electron chi connectivity index (χ4n) is 2.26. The molecule has 23 heavy (non-hydrogen) atoms. The van der Waals surface area contributed by atoms with E-state index >= 15 is 0 Å². The SMILES string of the molecule is O=P([O-])([O-])Cc1ccc(-c2ccc3ccccc3c2)cn1.[Na+].[Na+]. The van der Waals surface area contributed by atoms with Crippen molar-refractivity contribution in [3.8, 4) is 11.1 Å². The molecular weight excluding hydrogens is 331 g/mol. The molecule has 1 aromatic heterocycles. The molecule has 0 saturated carbocycles. The van der Waals surface area contributed by atoms with E-state index in [1.54, 1.807) is 18.3 Å². The van der Waals surface area contributed by atoms with Gasteiger partial charge in [-0.1, -0.05) is 50.1 Å². The molecular formula is C16H12NNa2O3P. The summed E-state index contributed by atoms with van der Waals surface area (Å²) < 4.78 is 10.7. The Morgan fingerprint density at radius 1 is 0.870 bits per heavy atom. The maximum Gasteiger partial charge on any atom is 1.00 e. The van der Waals surface area contributed by atoms with Gasteiger partial charge in [0.15, 0.2) is 0 Å². The van der Waals surface area contributed by atoms with Crippen LogP contribution in [0.5, 0.6) is 0 Å². The quantitative estimate of drug-likeness (QED) is 0.363. The van der Waals surface area contributed by atoms with Crippen LogP contribution in [0.15, 0.2) is 60.8 Å². The van der Waals surface area contributed by atoms with Gasteiger partial charge in [0.25, 0.3) is 0 Å². The van der Waals surface area contributed by atoms with Crippen molar-refractivity contribution in [3.63, 3.8) is 0 Å². The van der Waals surface area contributed by atoms with Crippen LogP contribution >= 0.6 is 7.60 Å². The van der Waals surface area contributed by atoms with Gasteiger partial charge in [-0.15, -0.1) is 0 Å². The minimum absolute atomic E-state index is 0. The van der Waals surface area contributed by atoms with Crippen molar-refractivity contribution in [1.82, 2.24) is 4.98 Å². The van der Waals surface area contributed by atoms with Crippen molar-refractivity contribution in [3.05, 3.63) is 66.5 Å². The number of benzene rings is 2. The average molecular weight is 343 g/mol. The molecule has 0 radical (unpaired) electrons. The van der Waals surface area contributed by atoms with Gasteiger partial charge in [0.05, 0.1) is 0 Å². The second-order valence-corrected chi connectivity index (χ2v) is 6.41. The third kappa shape index (κ3) is 5.79. The summed E-state index contributed by atoms with van der Waals surface area (Å²) in [4.78, 5) is 25.5. The monoisotopic (exact) mass is 343 g/mol. The standard InChI is InChI=1S/C16H14NO3P.2Na/c18-21(19,20)11-16-8-7-15(10-17-16)14-6-5-12-3-1-2-4-13(12)9-14;;/h1-10H,11H2,(H2,18,19,20);;/q;2*+1/p-2. The van der Waals surface area contributed by atoms with E-state index in [4.69, 9.17) is 0 Å². The number of hydrogen-bond acceptors (Lipinski definition) is 4. The molecule has 0 N–H and O–H groups in total. The maximum absolute atomic E-state index is 10.7. The van der Waals surface area contributed by atoms with Crippen molar-refractivity contribution in [2.24, 2.45) is 0 Å². The number of nitrogens with zero attached hydrogens (tertiary/aromatic N) is 1. The first-order valence-electron chi connectivity index (χ1n) is 6.46. The van der Waals surface area contributed by atoms with E-state index in [0.717, 1.165) is 21.9 Å². The molecule has 1 heterocycles. The fourth-order valence-corrected chi connectivity index (χ4v) is 2.84. The number of hydrogen-bond donors (Lipinski definition) is 0. The van der Waals surface area contributed by atoms with Crippen LogP contribution in [0.3, 0.4) is 0 Å². The van der Waals surface area contributed by atoms with Crippen LogP contribution < -0.4 is 68.9 Å². The minimum atomic E-state index is -4.57. The summed E-state index contributed by atoms with van der Waals surface area (Å²) in [6.07, 6.45) is 1.04. The molecule has 0 atom stereocenters. The van der Waals surface area contributed by atoms with E-state index in [-0.39, 0.29) is 64.8 Å². The van der Waals surface area contributed by atoms with Gasteiger partial charge in [-0.3, -0.25) is 4.98 Å². The Labute approximate surface area is 179 Å². The van der Waals surface area contributed by atoms with Gasteiger partial charge >= 0.3 is 59.1 Å². The van der Waals surface area contributed by atoms with Gasteiger partial charge in [-0.05, 0) is 28.5 Å². The number of rotatable bonds is 3. The van der Waals surface area contributed by atoms with Gasteiger partial charge < -0.3 is 14.4 Å². The molecule has 0 unspecified atom stereocenters. The summed E-state index contributed by atoms with van der Waals surface area (Å²) in [7, 11) is -4.57. The normalized spacial score (nSPS) is 10.7. The van der Waals surface area contributed by atoms with Crippen LogP contribution in [0.1, 0.15) is 5.69 Å². The van der Waals surface area contributed by atoms with Gasteiger partial charge in [0, 0.05) is 23.6 Å². The Bertz CT molecular complexity index is 834. The van der Waals surface area contributed by atoms with Crippen molar-refractivity contribution in [1.29, 1.82) is 0 Å². The smallest absolute Gasteiger partial charge is 0.810 e. The molecule has 4 nitrogen and oxygen atoms in total. The molecule has 106 valence electrons. The van der Waals surface area contributed by atoms with Crippen molar-refractivity contribution in [2.75, 3.05) is 0 Å². The molecule has 0 bridgehead atoms. The van der Waals surface area contributed by atoms with Crippen LogP contribution in [-0.2, 0) is 10.7 Å².